The van der Waals surface area contributed by atoms with Crippen molar-refractivity contribution in [3.05, 3.63) is 60.8 Å². The third kappa shape index (κ3) is 23.9. The molecule has 0 aromatic carbocycles. The normalized spacial score (nSPS) is 12.9. The Morgan fingerprint density at radius 1 is 0.781 bits per heavy atom. The smallest absolute Gasteiger partial charge is 0.326 e. The standard InChI is InChI=1S/C26H41NO3.C2H6/c1-4-5-6-7-8-9-10-11-12-13-14-15-16-17-18-19-20-21-25(28)27-24(26(29)30)22-23(2)3;1-2/h5-6,8-9,11-12,14-15,17-18,23-24H,4,7,10,13,16,19-22H2,1-3H3,(H,27,28)(H,29,30);1-2H3/b6-5-,9-8-,12-11-,15-14-,18-17-;/t24-;/m1./s1. The first-order valence-electron chi connectivity index (χ1n) is 12.2. The van der Waals surface area contributed by atoms with Crippen LogP contribution in [0.15, 0.2) is 60.8 Å². The molecule has 0 saturated carbocycles. The van der Waals surface area contributed by atoms with E-state index in [-0.39, 0.29) is 11.8 Å². The molecular weight excluding hydrogens is 398 g/mol. The fourth-order valence-electron chi connectivity index (χ4n) is 2.71. The molecule has 182 valence electrons. The zero-order valence-corrected chi connectivity index (χ0v) is 21.1. The van der Waals surface area contributed by atoms with Crippen molar-refractivity contribution in [2.24, 2.45) is 5.92 Å². The Morgan fingerprint density at radius 3 is 1.62 bits per heavy atom. The molecule has 1 atom stereocenters. The topological polar surface area (TPSA) is 66.4 Å². The Morgan fingerprint density at radius 2 is 1.22 bits per heavy atom. The van der Waals surface area contributed by atoms with Crippen molar-refractivity contribution in [1.82, 2.24) is 5.32 Å². The van der Waals surface area contributed by atoms with Gasteiger partial charge in [-0.1, -0.05) is 95.4 Å². The van der Waals surface area contributed by atoms with Gasteiger partial charge >= 0.3 is 5.97 Å². The Balaban J connectivity index is 0. The number of carbonyl (C=O) groups is 2. The molecule has 4 heteroatoms. The summed E-state index contributed by atoms with van der Waals surface area (Å²) in [6.45, 7) is 10.0. The maximum atomic E-state index is 11.9. The van der Waals surface area contributed by atoms with Crippen molar-refractivity contribution < 1.29 is 14.7 Å². The van der Waals surface area contributed by atoms with Gasteiger partial charge in [0.05, 0.1) is 0 Å². The second kappa shape index (κ2) is 24.9. The SMILES string of the molecule is CC.CC/C=C\C/C=C\C/C=C\C/C=C\C/C=C\CCCC(=O)N[C@H](CC(C)C)C(=O)O. The van der Waals surface area contributed by atoms with Gasteiger partial charge in [0.2, 0.25) is 5.91 Å². The number of unbranched alkanes of at least 4 members (excludes halogenated alkanes) is 1. The first-order chi connectivity index (χ1) is 15.5. The molecule has 0 rings (SSSR count). The molecule has 1 amide bonds. The van der Waals surface area contributed by atoms with E-state index in [2.05, 4.69) is 73.0 Å². The van der Waals surface area contributed by atoms with Gasteiger partial charge < -0.3 is 10.4 Å². The zero-order valence-electron chi connectivity index (χ0n) is 21.1. The van der Waals surface area contributed by atoms with Crippen molar-refractivity contribution in [3.63, 3.8) is 0 Å². The zero-order chi connectivity index (χ0) is 24.5. The second-order valence-corrected chi connectivity index (χ2v) is 7.69. The highest BCUT2D eigenvalue weighted by Crippen LogP contribution is 2.06. The summed E-state index contributed by atoms with van der Waals surface area (Å²) in [5.74, 6) is -0.919. The predicted molar refractivity (Wildman–Crippen MR) is 139 cm³/mol. The van der Waals surface area contributed by atoms with E-state index in [9.17, 15) is 9.59 Å². The molecule has 0 aromatic heterocycles. The average molecular weight is 446 g/mol. The number of aliphatic carboxylic acids is 1. The first-order valence-corrected chi connectivity index (χ1v) is 12.2. The molecule has 0 aliphatic heterocycles. The highest BCUT2D eigenvalue weighted by atomic mass is 16.4. The molecule has 0 bridgehead atoms. The van der Waals surface area contributed by atoms with Crippen LogP contribution in [0, 0.1) is 5.92 Å². The number of hydrogen-bond acceptors (Lipinski definition) is 2. The van der Waals surface area contributed by atoms with E-state index in [4.69, 9.17) is 5.11 Å². The number of carboxylic acid groups (broad SMARTS) is 1. The van der Waals surface area contributed by atoms with Gasteiger partial charge in [-0.25, -0.2) is 4.79 Å². The largest absolute Gasteiger partial charge is 0.480 e. The maximum absolute atomic E-state index is 11.9. The molecule has 2 N–H and O–H groups in total. The Labute approximate surface area is 197 Å². The van der Waals surface area contributed by atoms with Crippen LogP contribution in [0.5, 0.6) is 0 Å². The predicted octanol–water partition coefficient (Wildman–Crippen LogP) is 7.55. The highest BCUT2D eigenvalue weighted by molar-refractivity contribution is 5.83. The summed E-state index contributed by atoms with van der Waals surface area (Å²) in [6, 6.07) is -0.786. The Bertz CT molecular complexity index is 598. The van der Waals surface area contributed by atoms with Crippen molar-refractivity contribution >= 4 is 11.9 Å². The number of carbonyl (C=O) groups excluding carboxylic acids is 1. The molecule has 0 aromatic rings. The molecule has 0 unspecified atom stereocenters. The lowest BCUT2D eigenvalue weighted by Gasteiger charge is -2.16. The lowest BCUT2D eigenvalue weighted by atomic mass is 10.0. The van der Waals surface area contributed by atoms with Crippen LogP contribution in [0.3, 0.4) is 0 Å². The van der Waals surface area contributed by atoms with Gasteiger partial charge in [0.25, 0.3) is 0 Å². The van der Waals surface area contributed by atoms with E-state index in [1.54, 1.807) is 0 Å². The number of carboxylic acids is 1. The molecule has 0 saturated heterocycles. The lowest BCUT2D eigenvalue weighted by Crippen LogP contribution is -2.41. The van der Waals surface area contributed by atoms with Gasteiger partial charge in [-0.2, -0.15) is 0 Å². The third-order valence-electron chi connectivity index (χ3n) is 4.27. The van der Waals surface area contributed by atoms with Crippen LogP contribution >= 0.6 is 0 Å². The van der Waals surface area contributed by atoms with Gasteiger partial charge in [-0.3, -0.25) is 4.79 Å². The average Bonchev–Trinajstić information content (AvgIpc) is 2.76. The van der Waals surface area contributed by atoms with Crippen molar-refractivity contribution in [2.45, 2.75) is 98.4 Å². The first kappa shape index (κ1) is 31.8. The Kier molecular flexibility index (Phi) is 24.8. The molecule has 4 nitrogen and oxygen atoms in total. The van der Waals surface area contributed by atoms with E-state index in [1.807, 2.05) is 27.7 Å². The number of hydrogen-bond donors (Lipinski definition) is 2. The van der Waals surface area contributed by atoms with Crippen LogP contribution in [-0.2, 0) is 9.59 Å². The monoisotopic (exact) mass is 445 g/mol. The highest BCUT2D eigenvalue weighted by Gasteiger charge is 2.20. The summed E-state index contributed by atoms with van der Waals surface area (Å²) >= 11 is 0. The van der Waals surface area contributed by atoms with Crippen molar-refractivity contribution in [2.75, 3.05) is 0 Å². The number of nitrogens with one attached hydrogen (secondary N) is 1. The number of amides is 1. The van der Waals surface area contributed by atoms with Gasteiger partial charge in [0, 0.05) is 6.42 Å². The summed E-state index contributed by atoms with van der Waals surface area (Å²) in [4.78, 5) is 23.0. The molecule has 0 fully saturated rings. The van der Waals surface area contributed by atoms with Crippen LogP contribution in [0.1, 0.15) is 92.4 Å². The summed E-state index contributed by atoms with van der Waals surface area (Å²) in [5.41, 5.74) is 0. The van der Waals surface area contributed by atoms with E-state index in [0.717, 1.165) is 44.9 Å². The van der Waals surface area contributed by atoms with Crippen LogP contribution in [-0.4, -0.2) is 23.0 Å². The summed E-state index contributed by atoms with van der Waals surface area (Å²) in [7, 11) is 0. The van der Waals surface area contributed by atoms with Crippen LogP contribution in [0.2, 0.25) is 0 Å². The minimum atomic E-state index is -0.963. The van der Waals surface area contributed by atoms with Gasteiger partial charge in [0.15, 0.2) is 0 Å². The Hall–Kier alpha value is -2.36. The van der Waals surface area contributed by atoms with Gasteiger partial charge in [-0.15, -0.1) is 0 Å². The molecule has 0 spiro atoms. The minimum absolute atomic E-state index is 0.185. The molecule has 32 heavy (non-hydrogen) atoms. The van der Waals surface area contributed by atoms with E-state index < -0.39 is 12.0 Å². The van der Waals surface area contributed by atoms with E-state index >= 15 is 0 Å². The van der Waals surface area contributed by atoms with E-state index in [0.29, 0.717) is 12.8 Å². The van der Waals surface area contributed by atoms with E-state index in [1.165, 1.54) is 0 Å². The summed E-state index contributed by atoms with van der Waals surface area (Å²) in [5, 5.41) is 11.8. The van der Waals surface area contributed by atoms with Crippen LogP contribution in [0.25, 0.3) is 0 Å². The molecule has 0 radical (unpaired) electrons. The second-order valence-electron chi connectivity index (χ2n) is 7.69. The molecule has 0 aliphatic carbocycles. The molecule has 0 heterocycles. The van der Waals surface area contributed by atoms with Gasteiger partial charge in [-0.05, 0) is 57.3 Å². The minimum Gasteiger partial charge on any atom is -0.480 e. The van der Waals surface area contributed by atoms with Crippen LogP contribution in [0.4, 0.5) is 0 Å². The van der Waals surface area contributed by atoms with Crippen LogP contribution < -0.4 is 5.32 Å². The number of allylic oxidation sites excluding steroid dienone is 10. The molecular formula is C28H47NO3. The third-order valence-corrected chi connectivity index (χ3v) is 4.27. The lowest BCUT2D eigenvalue weighted by molar-refractivity contribution is -0.142. The fourth-order valence-corrected chi connectivity index (χ4v) is 2.71. The van der Waals surface area contributed by atoms with Crippen molar-refractivity contribution in [1.29, 1.82) is 0 Å². The number of rotatable bonds is 17. The fraction of sp³-hybridized carbons (Fsp3) is 0.571. The maximum Gasteiger partial charge on any atom is 0.326 e. The van der Waals surface area contributed by atoms with Crippen molar-refractivity contribution in [3.8, 4) is 0 Å². The molecule has 0 aliphatic rings. The van der Waals surface area contributed by atoms with Gasteiger partial charge in [0.1, 0.15) is 6.04 Å². The summed E-state index contributed by atoms with van der Waals surface area (Å²) in [6.07, 6.45) is 28.9. The summed E-state index contributed by atoms with van der Waals surface area (Å²) < 4.78 is 0. The quantitative estimate of drug-likeness (QED) is 0.179.